The Hall–Kier alpha value is -1.27. The minimum atomic E-state index is -0.581. The first-order valence-electron chi connectivity index (χ1n) is 6.87. The molecule has 0 radical (unpaired) electrons. The van der Waals surface area contributed by atoms with E-state index in [2.05, 4.69) is 12.2 Å². The zero-order valence-corrected chi connectivity index (χ0v) is 13.2. The molecule has 2 atom stereocenters. The van der Waals surface area contributed by atoms with Crippen LogP contribution in [-0.2, 0) is 0 Å². The molecule has 114 valence electrons. The number of hydrogen-bond acceptors (Lipinski definition) is 4. The Kier molecular flexibility index (Phi) is 5.47. The van der Waals surface area contributed by atoms with Crippen LogP contribution in [0.25, 0.3) is 0 Å². The van der Waals surface area contributed by atoms with Crippen LogP contribution in [0.5, 0.6) is 0 Å². The molecule has 1 aliphatic rings. The van der Waals surface area contributed by atoms with Crippen molar-refractivity contribution in [3.8, 4) is 0 Å². The van der Waals surface area contributed by atoms with Crippen LogP contribution in [0.3, 0.4) is 0 Å². The van der Waals surface area contributed by atoms with E-state index in [4.69, 9.17) is 11.6 Å². The van der Waals surface area contributed by atoms with Crippen molar-refractivity contribution in [2.75, 3.05) is 5.75 Å². The van der Waals surface area contributed by atoms with Crippen molar-refractivity contribution < 1.29 is 9.72 Å². The fourth-order valence-electron chi connectivity index (χ4n) is 2.52. The van der Waals surface area contributed by atoms with Crippen molar-refractivity contribution >= 4 is 35.0 Å². The number of nitro benzene ring substituents is 1. The maximum Gasteiger partial charge on any atom is 0.288 e. The molecule has 0 bridgehead atoms. The molecule has 1 aliphatic carbocycles. The summed E-state index contributed by atoms with van der Waals surface area (Å²) in [6, 6.07) is 4.28. The van der Waals surface area contributed by atoms with E-state index in [0.717, 1.165) is 25.0 Å². The van der Waals surface area contributed by atoms with Crippen LogP contribution in [-0.4, -0.2) is 27.9 Å². The minimum Gasteiger partial charge on any atom is -0.349 e. The molecule has 1 amide bonds. The number of nitro groups is 1. The lowest BCUT2D eigenvalue weighted by Gasteiger charge is -2.13. The van der Waals surface area contributed by atoms with Gasteiger partial charge in [-0.05, 0) is 37.1 Å². The second-order valence-corrected chi connectivity index (χ2v) is 6.97. The quantitative estimate of drug-likeness (QED) is 0.661. The molecule has 0 heterocycles. The van der Waals surface area contributed by atoms with E-state index < -0.39 is 4.92 Å². The number of carbonyl (C=O) groups excluding carboxylic acids is 1. The maximum atomic E-state index is 12.2. The van der Waals surface area contributed by atoms with Crippen molar-refractivity contribution in [3.05, 3.63) is 38.9 Å². The third kappa shape index (κ3) is 4.11. The molecule has 0 saturated heterocycles. The van der Waals surface area contributed by atoms with Crippen LogP contribution in [0.2, 0.25) is 5.02 Å². The zero-order valence-electron chi connectivity index (χ0n) is 11.7. The molecule has 7 heteroatoms. The van der Waals surface area contributed by atoms with Gasteiger partial charge in [0, 0.05) is 22.9 Å². The van der Waals surface area contributed by atoms with E-state index in [1.54, 1.807) is 0 Å². The van der Waals surface area contributed by atoms with Gasteiger partial charge in [0.25, 0.3) is 11.6 Å². The smallest absolute Gasteiger partial charge is 0.288 e. The van der Waals surface area contributed by atoms with E-state index in [-0.39, 0.29) is 28.2 Å². The number of benzene rings is 1. The molecule has 0 spiro atoms. The summed E-state index contributed by atoms with van der Waals surface area (Å²) in [5, 5.41) is 14.4. The topological polar surface area (TPSA) is 72.2 Å². The van der Waals surface area contributed by atoms with Gasteiger partial charge in [0.05, 0.1) is 4.92 Å². The standard InChI is InChI=1S/C14H17ClN2O3S/c1-2-21-11-5-4-10(8-11)16-14(18)9-3-6-12(15)13(7-9)17(19)20/h3,6-7,10-11H,2,4-5,8H2,1H3,(H,16,18). The van der Waals surface area contributed by atoms with Gasteiger partial charge < -0.3 is 5.32 Å². The van der Waals surface area contributed by atoms with Gasteiger partial charge in [-0.2, -0.15) is 11.8 Å². The average molecular weight is 329 g/mol. The van der Waals surface area contributed by atoms with Crippen molar-refractivity contribution in [2.45, 2.75) is 37.5 Å². The van der Waals surface area contributed by atoms with E-state index in [1.807, 2.05) is 11.8 Å². The highest BCUT2D eigenvalue weighted by atomic mass is 35.5. The fraction of sp³-hybridized carbons (Fsp3) is 0.500. The second-order valence-electron chi connectivity index (χ2n) is 4.98. The molecule has 1 aromatic rings. The second kappa shape index (κ2) is 7.13. The number of nitrogens with zero attached hydrogens (tertiary/aromatic N) is 1. The molecular weight excluding hydrogens is 312 g/mol. The maximum absolute atomic E-state index is 12.2. The third-order valence-corrected chi connectivity index (χ3v) is 5.08. The highest BCUT2D eigenvalue weighted by Crippen LogP contribution is 2.30. The first-order valence-corrected chi connectivity index (χ1v) is 8.30. The van der Waals surface area contributed by atoms with Crippen molar-refractivity contribution in [3.63, 3.8) is 0 Å². The molecular formula is C14H17ClN2O3S. The lowest BCUT2D eigenvalue weighted by molar-refractivity contribution is -0.384. The van der Waals surface area contributed by atoms with Gasteiger partial charge in [0.1, 0.15) is 5.02 Å². The summed E-state index contributed by atoms with van der Waals surface area (Å²) in [5.41, 5.74) is 0.0350. The molecule has 1 aromatic carbocycles. The lowest BCUT2D eigenvalue weighted by Crippen LogP contribution is -2.33. The summed E-state index contributed by atoms with van der Waals surface area (Å²) in [7, 11) is 0. The van der Waals surface area contributed by atoms with Gasteiger partial charge in [-0.15, -0.1) is 0 Å². The van der Waals surface area contributed by atoms with Crippen molar-refractivity contribution in [1.82, 2.24) is 5.32 Å². The molecule has 0 aromatic heterocycles. The summed E-state index contributed by atoms with van der Waals surface area (Å²) < 4.78 is 0. The molecule has 21 heavy (non-hydrogen) atoms. The number of amides is 1. The highest BCUT2D eigenvalue weighted by molar-refractivity contribution is 7.99. The number of hydrogen-bond donors (Lipinski definition) is 1. The predicted octanol–water partition coefficient (Wildman–Crippen LogP) is 3.65. The molecule has 0 aliphatic heterocycles. The van der Waals surface area contributed by atoms with Gasteiger partial charge in [-0.25, -0.2) is 0 Å². The number of rotatable bonds is 5. The molecule has 2 unspecified atom stereocenters. The predicted molar refractivity (Wildman–Crippen MR) is 85.1 cm³/mol. The monoisotopic (exact) mass is 328 g/mol. The Bertz CT molecular complexity index is 553. The SMILES string of the molecule is CCSC1CCC(NC(=O)c2ccc(Cl)c([N+](=O)[O-])c2)C1. The van der Waals surface area contributed by atoms with Crippen LogP contribution >= 0.6 is 23.4 Å². The summed E-state index contributed by atoms with van der Waals surface area (Å²) in [6.45, 7) is 2.13. The Morgan fingerprint density at radius 2 is 2.29 bits per heavy atom. The van der Waals surface area contributed by atoms with E-state index >= 15 is 0 Å². The van der Waals surface area contributed by atoms with Gasteiger partial charge in [0.2, 0.25) is 0 Å². The number of carbonyl (C=O) groups is 1. The summed E-state index contributed by atoms with van der Waals surface area (Å²) >= 11 is 7.66. The minimum absolute atomic E-state index is 0.0387. The summed E-state index contributed by atoms with van der Waals surface area (Å²) in [5.74, 6) is 0.802. The molecule has 5 nitrogen and oxygen atoms in total. The number of halogens is 1. The van der Waals surface area contributed by atoms with Crippen LogP contribution in [0.15, 0.2) is 18.2 Å². The van der Waals surface area contributed by atoms with Gasteiger partial charge in [-0.1, -0.05) is 18.5 Å². The zero-order chi connectivity index (χ0) is 15.4. The van der Waals surface area contributed by atoms with Gasteiger partial charge >= 0.3 is 0 Å². The fourth-order valence-corrected chi connectivity index (χ4v) is 3.85. The summed E-state index contributed by atoms with van der Waals surface area (Å²) in [4.78, 5) is 22.4. The number of nitrogens with one attached hydrogen (secondary N) is 1. The Morgan fingerprint density at radius 1 is 1.52 bits per heavy atom. The summed E-state index contributed by atoms with van der Waals surface area (Å²) in [6.07, 6.45) is 3.02. The number of thioether (sulfide) groups is 1. The van der Waals surface area contributed by atoms with Crippen LogP contribution in [0, 0.1) is 10.1 Å². The lowest BCUT2D eigenvalue weighted by atomic mass is 10.1. The van der Waals surface area contributed by atoms with Crippen LogP contribution in [0.4, 0.5) is 5.69 Å². The Labute approximate surface area is 132 Å². The average Bonchev–Trinajstić information content (AvgIpc) is 2.86. The molecule has 1 fully saturated rings. The van der Waals surface area contributed by atoms with E-state index in [0.29, 0.717) is 5.25 Å². The molecule has 1 N–H and O–H groups in total. The Balaban J connectivity index is 2.01. The van der Waals surface area contributed by atoms with Gasteiger partial charge in [0.15, 0.2) is 0 Å². The third-order valence-electron chi connectivity index (χ3n) is 3.53. The normalized spacial score (nSPS) is 21.2. The Morgan fingerprint density at radius 3 is 2.95 bits per heavy atom. The van der Waals surface area contributed by atoms with Crippen LogP contribution < -0.4 is 5.32 Å². The first kappa shape index (κ1) is 16.1. The van der Waals surface area contributed by atoms with E-state index in [1.165, 1.54) is 18.2 Å². The van der Waals surface area contributed by atoms with Crippen LogP contribution in [0.1, 0.15) is 36.5 Å². The largest absolute Gasteiger partial charge is 0.349 e. The van der Waals surface area contributed by atoms with E-state index in [9.17, 15) is 14.9 Å². The molecule has 2 rings (SSSR count). The molecule has 1 saturated carbocycles. The van der Waals surface area contributed by atoms with Crippen molar-refractivity contribution in [1.29, 1.82) is 0 Å². The highest BCUT2D eigenvalue weighted by Gasteiger charge is 2.26. The first-order chi connectivity index (χ1) is 10.0. The van der Waals surface area contributed by atoms with Crippen molar-refractivity contribution in [2.24, 2.45) is 0 Å². The van der Waals surface area contributed by atoms with Gasteiger partial charge in [-0.3, -0.25) is 14.9 Å².